The Bertz CT molecular complexity index is 279. The van der Waals surface area contributed by atoms with Crippen LogP contribution in [0.15, 0.2) is 0 Å². The monoisotopic (exact) mass is 308 g/mol. The van der Waals surface area contributed by atoms with Gasteiger partial charge in [-0.05, 0) is 44.9 Å². The van der Waals surface area contributed by atoms with Crippen molar-refractivity contribution >= 4 is 30.1 Å². The zero-order valence-corrected chi connectivity index (χ0v) is 14.1. The minimum atomic E-state index is 0. The molecular formula is C14H29ClN2OS. The molecule has 3 nitrogen and oxygen atoms in total. The molecule has 1 saturated carbocycles. The highest BCUT2D eigenvalue weighted by molar-refractivity contribution is 7.99. The van der Waals surface area contributed by atoms with Gasteiger partial charge in [0.05, 0.1) is 0 Å². The predicted octanol–water partition coefficient (Wildman–Crippen LogP) is 2.97. The lowest BCUT2D eigenvalue weighted by atomic mass is 9.71. The van der Waals surface area contributed by atoms with Gasteiger partial charge in [-0.15, -0.1) is 12.4 Å². The first-order valence-corrected chi connectivity index (χ1v) is 8.17. The van der Waals surface area contributed by atoms with Crippen LogP contribution in [0.25, 0.3) is 0 Å². The Labute approximate surface area is 128 Å². The molecule has 5 heteroatoms. The number of carbonyl (C=O) groups is 1. The number of halogens is 1. The van der Waals surface area contributed by atoms with Gasteiger partial charge in [0.2, 0.25) is 5.91 Å². The fourth-order valence-corrected chi connectivity index (χ4v) is 2.76. The Morgan fingerprint density at radius 2 is 1.89 bits per heavy atom. The molecule has 1 fully saturated rings. The number of thioether (sulfide) groups is 1. The van der Waals surface area contributed by atoms with Crippen LogP contribution in [0.3, 0.4) is 0 Å². The van der Waals surface area contributed by atoms with E-state index in [1.165, 1.54) is 19.3 Å². The van der Waals surface area contributed by atoms with Gasteiger partial charge in [-0.3, -0.25) is 4.79 Å². The molecule has 0 unspecified atom stereocenters. The highest BCUT2D eigenvalue weighted by Gasteiger charge is 2.33. The van der Waals surface area contributed by atoms with Gasteiger partial charge >= 0.3 is 0 Å². The van der Waals surface area contributed by atoms with Crippen molar-refractivity contribution in [1.29, 1.82) is 0 Å². The molecule has 0 radical (unpaired) electrons. The first-order valence-electron chi connectivity index (χ1n) is 6.95. The lowest BCUT2D eigenvalue weighted by Gasteiger charge is -2.36. The van der Waals surface area contributed by atoms with E-state index in [9.17, 15) is 4.79 Å². The largest absolute Gasteiger partial charge is 0.355 e. The number of hydrogen-bond acceptors (Lipinski definition) is 3. The van der Waals surface area contributed by atoms with E-state index in [0.717, 1.165) is 19.4 Å². The normalized spacial score (nSPS) is 18.5. The minimum absolute atomic E-state index is 0. The Morgan fingerprint density at radius 1 is 1.32 bits per heavy atom. The first-order chi connectivity index (χ1) is 8.43. The maximum Gasteiger partial charge on any atom is 0.220 e. The summed E-state index contributed by atoms with van der Waals surface area (Å²) in [7, 11) is 0. The molecular weight excluding hydrogens is 280 g/mol. The van der Waals surface area contributed by atoms with Crippen molar-refractivity contribution in [2.75, 3.05) is 19.3 Å². The van der Waals surface area contributed by atoms with E-state index in [1.54, 1.807) is 11.8 Å². The van der Waals surface area contributed by atoms with Gasteiger partial charge in [-0.25, -0.2) is 0 Å². The van der Waals surface area contributed by atoms with Crippen molar-refractivity contribution in [2.24, 2.45) is 11.1 Å². The number of hydrogen-bond donors (Lipinski definition) is 2. The summed E-state index contributed by atoms with van der Waals surface area (Å²) in [6.45, 7) is 5.68. The second-order valence-corrected chi connectivity index (χ2v) is 7.70. The third-order valence-corrected chi connectivity index (χ3v) is 5.40. The van der Waals surface area contributed by atoms with E-state index < -0.39 is 0 Å². The molecule has 1 amide bonds. The number of nitrogens with one attached hydrogen (secondary N) is 1. The maximum absolute atomic E-state index is 12.1. The summed E-state index contributed by atoms with van der Waals surface area (Å²) in [6, 6.07) is 0. The third-order valence-electron chi connectivity index (χ3n) is 4.15. The SMILES string of the molecule is CSC(C)(C)CNC(=O)CC1(CN)CCCCC1.Cl. The van der Waals surface area contributed by atoms with Gasteiger partial charge in [0.15, 0.2) is 0 Å². The summed E-state index contributed by atoms with van der Waals surface area (Å²) in [5.41, 5.74) is 5.99. The molecule has 0 atom stereocenters. The second-order valence-electron chi connectivity index (χ2n) is 6.18. The predicted molar refractivity (Wildman–Crippen MR) is 87.0 cm³/mol. The highest BCUT2D eigenvalue weighted by Crippen LogP contribution is 2.38. The van der Waals surface area contributed by atoms with Crippen LogP contribution in [0, 0.1) is 5.41 Å². The molecule has 0 heterocycles. The average molecular weight is 309 g/mol. The van der Waals surface area contributed by atoms with Crippen LogP contribution in [-0.4, -0.2) is 30.0 Å². The Balaban J connectivity index is 0.00000324. The second kappa shape index (κ2) is 8.38. The van der Waals surface area contributed by atoms with Crippen molar-refractivity contribution in [2.45, 2.75) is 57.1 Å². The van der Waals surface area contributed by atoms with Gasteiger partial charge in [-0.1, -0.05) is 19.3 Å². The lowest BCUT2D eigenvalue weighted by molar-refractivity contribution is -0.123. The molecule has 0 spiro atoms. The smallest absolute Gasteiger partial charge is 0.220 e. The molecule has 0 aromatic carbocycles. The summed E-state index contributed by atoms with van der Waals surface area (Å²) >= 11 is 1.78. The van der Waals surface area contributed by atoms with Gasteiger partial charge < -0.3 is 11.1 Å². The average Bonchev–Trinajstić information content (AvgIpc) is 2.38. The van der Waals surface area contributed by atoms with E-state index in [1.807, 2.05) is 0 Å². The van der Waals surface area contributed by atoms with Crippen molar-refractivity contribution < 1.29 is 4.79 Å². The van der Waals surface area contributed by atoms with Gasteiger partial charge in [-0.2, -0.15) is 11.8 Å². The van der Waals surface area contributed by atoms with Crippen molar-refractivity contribution in [3.05, 3.63) is 0 Å². The Morgan fingerprint density at radius 3 is 2.37 bits per heavy atom. The molecule has 1 aliphatic rings. The standard InChI is InChI=1S/C14H28N2OS.ClH/c1-13(2,18-3)11-16-12(17)9-14(10-15)7-5-4-6-8-14;/h4-11,15H2,1-3H3,(H,16,17);1H. The fourth-order valence-electron chi connectivity index (χ4n) is 2.54. The highest BCUT2D eigenvalue weighted by atomic mass is 35.5. The summed E-state index contributed by atoms with van der Waals surface area (Å²) in [6.07, 6.45) is 8.65. The number of carbonyl (C=O) groups excluding carboxylic acids is 1. The van der Waals surface area contributed by atoms with Crippen LogP contribution < -0.4 is 11.1 Å². The van der Waals surface area contributed by atoms with Crippen LogP contribution in [-0.2, 0) is 4.79 Å². The third kappa shape index (κ3) is 6.37. The van der Waals surface area contributed by atoms with Crippen LogP contribution in [0.4, 0.5) is 0 Å². The van der Waals surface area contributed by atoms with Crippen LogP contribution in [0.1, 0.15) is 52.4 Å². The quantitative estimate of drug-likeness (QED) is 0.793. The molecule has 1 rings (SSSR count). The lowest BCUT2D eigenvalue weighted by Crippen LogP contribution is -2.41. The van der Waals surface area contributed by atoms with Crippen LogP contribution >= 0.6 is 24.2 Å². The molecule has 3 N–H and O–H groups in total. The van der Waals surface area contributed by atoms with E-state index in [2.05, 4.69) is 25.4 Å². The van der Waals surface area contributed by atoms with Gasteiger partial charge in [0.1, 0.15) is 0 Å². The molecule has 0 saturated heterocycles. The Kier molecular flexibility index (Phi) is 8.41. The number of nitrogens with two attached hydrogens (primary N) is 1. The Hall–Kier alpha value is 0.0700. The van der Waals surface area contributed by atoms with Crippen molar-refractivity contribution in [1.82, 2.24) is 5.32 Å². The van der Waals surface area contributed by atoms with E-state index in [4.69, 9.17) is 5.73 Å². The van der Waals surface area contributed by atoms with E-state index >= 15 is 0 Å². The molecule has 1 aliphatic carbocycles. The first kappa shape index (κ1) is 19.1. The summed E-state index contributed by atoms with van der Waals surface area (Å²) in [5.74, 6) is 0.171. The topological polar surface area (TPSA) is 55.1 Å². The summed E-state index contributed by atoms with van der Waals surface area (Å²) < 4.78 is 0.109. The summed E-state index contributed by atoms with van der Waals surface area (Å²) in [5, 5.41) is 3.06. The maximum atomic E-state index is 12.1. The molecule has 19 heavy (non-hydrogen) atoms. The zero-order valence-electron chi connectivity index (χ0n) is 12.5. The van der Waals surface area contributed by atoms with Crippen molar-refractivity contribution in [3.63, 3.8) is 0 Å². The van der Waals surface area contributed by atoms with E-state index in [-0.39, 0.29) is 28.5 Å². The fraction of sp³-hybridized carbons (Fsp3) is 0.929. The minimum Gasteiger partial charge on any atom is -0.355 e. The summed E-state index contributed by atoms with van der Waals surface area (Å²) in [4.78, 5) is 12.1. The van der Waals surface area contributed by atoms with Crippen LogP contribution in [0.2, 0.25) is 0 Å². The number of amides is 1. The molecule has 0 aliphatic heterocycles. The number of rotatable bonds is 6. The molecule has 114 valence electrons. The van der Waals surface area contributed by atoms with Crippen molar-refractivity contribution in [3.8, 4) is 0 Å². The molecule has 0 aromatic heterocycles. The molecule has 0 bridgehead atoms. The zero-order chi connectivity index (χ0) is 13.6. The van der Waals surface area contributed by atoms with E-state index in [0.29, 0.717) is 13.0 Å². The van der Waals surface area contributed by atoms with Gasteiger partial charge in [0.25, 0.3) is 0 Å². The molecule has 0 aromatic rings. The van der Waals surface area contributed by atoms with Crippen LogP contribution in [0.5, 0.6) is 0 Å². The van der Waals surface area contributed by atoms with Gasteiger partial charge in [0, 0.05) is 17.7 Å².